The van der Waals surface area contributed by atoms with Crippen molar-refractivity contribution in [2.24, 2.45) is 0 Å². The van der Waals surface area contributed by atoms with Crippen molar-refractivity contribution in [1.29, 1.82) is 0 Å². The van der Waals surface area contributed by atoms with Gasteiger partial charge in [0.2, 0.25) is 5.78 Å². The number of imide groups is 1. The average Bonchev–Trinajstić information content (AvgIpc) is 3.16. The first-order valence-corrected chi connectivity index (χ1v) is 8.77. The molecule has 26 heavy (non-hydrogen) atoms. The van der Waals surface area contributed by atoms with Crippen LogP contribution < -0.4 is 5.32 Å². The monoisotopic (exact) mass is 358 g/mol. The maximum atomic E-state index is 12.5. The van der Waals surface area contributed by atoms with Gasteiger partial charge in [0.05, 0.1) is 0 Å². The molecule has 1 aliphatic carbocycles. The Kier molecular flexibility index (Phi) is 4.80. The van der Waals surface area contributed by atoms with Crippen LogP contribution in [0.1, 0.15) is 48.5 Å². The molecule has 1 aromatic rings. The molecule has 1 N–H and O–H groups in total. The fraction of sp³-hybridized carbons (Fsp3) is 0.474. The van der Waals surface area contributed by atoms with E-state index >= 15 is 0 Å². The van der Waals surface area contributed by atoms with Crippen molar-refractivity contribution in [3.63, 3.8) is 0 Å². The van der Waals surface area contributed by atoms with Crippen molar-refractivity contribution in [2.45, 2.75) is 51.2 Å². The van der Waals surface area contributed by atoms with Crippen molar-refractivity contribution >= 4 is 23.7 Å². The Morgan fingerprint density at radius 2 is 1.81 bits per heavy atom. The highest BCUT2D eigenvalue weighted by molar-refractivity contribution is 6.09. The van der Waals surface area contributed by atoms with Crippen LogP contribution in [0.15, 0.2) is 24.3 Å². The van der Waals surface area contributed by atoms with E-state index in [4.69, 9.17) is 4.74 Å². The topological polar surface area (TPSA) is 92.8 Å². The van der Waals surface area contributed by atoms with E-state index in [0.717, 1.165) is 23.3 Å². The summed E-state index contributed by atoms with van der Waals surface area (Å²) < 4.78 is 5.14. The molecule has 138 valence electrons. The van der Waals surface area contributed by atoms with E-state index in [2.05, 4.69) is 5.32 Å². The molecular formula is C19H22N2O5. The van der Waals surface area contributed by atoms with Crippen LogP contribution in [0.2, 0.25) is 0 Å². The third-order valence-electron chi connectivity index (χ3n) is 5.00. The van der Waals surface area contributed by atoms with E-state index in [9.17, 15) is 19.2 Å². The predicted octanol–water partition coefficient (Wildman–Crippen LogP) is 1.97. The Morgan fingerprint density at radius 3 is 2.42 bits per heavy atom. The number of hydrogen-bond donors (Lipinski definition) is 1. The maximum absolute atomic E-state index is 12.5. The van der Waals surface area contributed by atoms with E-state index in [-0.39, 0.29) is 11.7 Å². The van der Waals surface area contributed by atoms with Crippen LogP contribution in [0.5, 0.6) is 0 Å². The number of rotatable bonds is 5. The summed E-state index contributed by atoms with van der Waals surface area (Å²) in [7, 11) is 0. The van der Waals surface area contributed by atoms with Crippen LogP contribution in [0.4, 0.5) is 4.79 Å². The molecule has 1 aromatic carbocycles. The number of nitrogens with one attached hydrogen (secondary N) is 1. The summed E-state index contributed by atoms with van der Waals surface area (Å²) in [5.41, 5.74) is 0.599. The summed E-state index contributed by atoms with van der Waals surface area (Å²) in [4.78, 5) is 49.9. The van der Waals surface area contributed by atoms with Crippen LogP contribution in [-0.4, -0.2) is 46.8 Å². The van der Waals surface area contributed by atoms with Gasteiger partial charge < -0.3 is 10.1 Å². The fourth-order valence-electron chi connectivity index (χ4n) is 3.51. The first-order chi connectivity index (χ1) is 12.3. The average molecular weight is 358 g/mol. The normalized spacial score (nSPS) is 19.5. The number of aryl methyl sites for hydroxylation is 1. The third kappa shape index (κ3) is 3.34. The summed E-state index contributed by atoms with van der Waals surface area (Å²) in [5, 5.41) is 2.70. The Balaban J connectivity index is 1.60. The lowest BCUT2D eigenvalue weighted by Crippen LogP contribution is -2.44. The lowest BCUT2D eigenvalue weighted by molar-refractivity contribution is -0.149. The summed E-state index contributed by atoms with van der Waals surface area (Å²) in [6.07, 6.45) is 1.92. The molecule has 0 bridgehead atoms. The van der Waals surface area contributed by atoms with E-state index in [1.54, 1.807) is 24.3 Å². The van der Waals surface area contributed by atoms with Gasteiger partial charge in [0.1, 0.15) is 12.1 Å². The SMILES string of the molecule is Cc1ccc(C(=O)C(C)OC(=O)CN2C(=O)NC3(CCCC3)C2=O)cc1. The number of benzene rings is 1. The molecular weight excluding hydrogens is 336 g/mol. The van der Waals surface area contributed by atoms with Gasteiger partial charge in [0, 0.05) is 5.56 Å². The molecule has 0 radical (unpaired) electrons. The van der Waals surface area contributed by atoms with Gasteiger partial charge in [0.25, 0.3) is 5.91 Å². The lowest BCUT2D eigenvalue weighted by atomic mass is 9.98. The Morgan fingerprint density at radius 1 is 1.19 bits per heavy atom. The van der Waals surface area contributed by atoms with Gasteiger partial charge in [-0.2, -0.15) is 0 Å². The number of urea groups is 1. The molecule has 3 amide bonds. The zero-order chi connectivity index (χ0) is 18.9. The number of hydrogen-bond acceptors (Lipinski definition) is 5. The molecule has 1 atom stereocenters. The molecule has 2 aliphatic rings. The van der Waals surface area contributed by atoms with E-state index < -0.39 is 30.2 Å². The number of nitrogens with zero attached hydrogens (tertiary/aromatic N) is 1. The minimum atomic E-state index is -0.994. The number of ketones is 1. The van der Waals surface area contributed by atoms with E-state index in [1.807, 2.05) is 6.92 Å². The van der Waals surface area contributed by atoms with Crippen LogP contribution in [-0.2, 0) is 14.3 Å². The first-order valence-electron chi connectivity index (χ1n) is 8.77. The highest BCUT2D eigenvalue weighted by Gasteiger charge is 2.52. The number of carbonyl (C=O) groups is 4. The lowest BCUT2D eigenvalue weighted by Gasteiger charge is -2.20. The molecule has 1 spiro atoms. The molecule has 1 unspecified atom stereocenters. The molecule has 2 fully saturated rings. The smallest absolute Gasteiger partial charge is 0.326 e. The van der Waals surface area contributed by atoms with Gasteiger partial charge in [0.15, 0.2) is 6.10 Å². The summed E-state index contributed by atoms with van der Waals surface area (Å²) in [6.45, 7) is 2.90. The van der Waals surface area contributed by atoms with Crippen molar-refractivity contribution in [3.05, 3.63) is 35.4 Å². The van der Waals surface area contributed by atoms with Gasteiger partial charge in [-0.15, -0.1) is 0 Å². The fourth-order valence-corrected chi connectivity index (χ4v) is 3.51. The van der Waals surface area contributed by atoms with Gasteiger partial charge in [-0.1, -0.05) is 42.7 Å². The molecule has 7 heteroatoms. The molecule has 7 nitrogen and oxygen atoms in total. The molecule has 1 heterocycles. The van der Waals surface area contributed by atoms with Crippen molar-refractivity contribution in [1.82, 2.24) is 10.2 Å². The zero-order valence-electron chi connectivity index (χ0n) is 14.9. The summed E-state index contributed by atoms with van der Waals surface area (Å²) in [6, 6.07) is 6.37. The van der Waals surface area contributed by atoms with E-state index in [1.165, 1.54) is 6.92 Å². The Labute approximate surface area is 151 Å². The molecule has 1 aliphatic heterocycles. The number of carbonyl (C=O) groups excluding carboxylic acids is 4. The molecule has 1 saturated heterocycles. The third-order valence-corrected chi connectivity index (χ3v) is 5.00. The minimum Gasteiger partial charge on any atom is -0.453 e. The van der Waals surface area contributed by atoms with E-state index in [0.29, 0.717) is 18.4 Å². The largest absolute Gasteiger partial charge is 0.453 e. The van der Waals surface area contributed by atoms with Crippen LogP contribution in [0.25, 0.3) is 0 Å². The molecule has 1 saturated carbocycles. The second-order valence-corrected chi connectivity index (χ2v) is 6.97. The van der Waals surface area contributed by atoms with Gasteiger partial charge in [-0.25, -0.2) is 4.79 Å². The Bertz CT molecular complexity index is 750. The predicted molar refractivity (Wildman–Crippen MR) is 92.5 cm³/mol. The number of ether oxygens (including phenoxy) is 1. The summed E-state index contributed by atoms with van der Waals surface area (Å²) in [5.74, 6) is -1.49. The zero-order valence-corrected chi connectivity index (χ0v) is 14.9. The standard InChI is InChI=1S/C19H22N2O5/c1-12-5-7-14(8-6-12)16(23)13(2)26-15(22)11-21-17(24)19(20-18(21)25)9-3-4-10-19/h5-8,13H,3-4,9-11H2,1-2H3,(H,20,25). The highest BCUT2D eigenvalue weighted by Crippen LogP contribution is 2.34. The van der Waals surface area contributed by atoms with Crippen LogP contribution >= 0.6 is 0 Å². The summed E-state index contributed by atoms with van der Waals surface area (Å²) >= 11 is 0. The quantitative estimate of drug-likeness (QED) is 0.493. The molecule has 3 rings (SSSR count). The highest BCUT2D eigenvalue weighted by atomic mass is 16.5. The maximum Gasteiger partial charge on any atom is 0.326 e. The van der Waals surface area contributed by atoms with Crippen molar-refractivity contribution < 1.29 is 23.9 Å². The molecule has 0 aromatic heterocycles. The van der Waals surface area contributed by atoms with Crippen LogP contribution in [0, 0.1) is 6.92 Å². The number of Topliss-reactive ketones (excluding diaryl/α,β-unsaturated/α-hetero) is 1. The van der Waals surface area contributed by atoms with Crippen molar-refractivity contribution in [3.8, 4) is 0 Å². The second kappa shape index (κ2) is 6.90. The van der Waals surface area contributed by atoms with Gasteiger partial charge in [-0.3, -0.25) is 19.3 Å². The van der Waals surface area contributed by atoms with Gasteiger partial charge in [-0.05, 0) is 26.7 Å². The number of esters is 1. The van der Waals surface area contributed by atoms with Crippen molar-refractivity contribution in [2.75, 3.05) is 6.54 Å². The second-order valence-electron chi connectivity index (χ2n) is 6.97. The first kappa shape index (κ1) is 18.1. The van der Waals surface area contributed by atoms with Crippen LogP contribution in [0.3, 0.4) is 0 Å². The number of amides is 3. The Hall–Kier alpha value is -2.70. The van der Waals surface area contributed by atoms with Gasteiger partial charge >= 0.3 is 12.0 Å². The minimum absolute atomic E-state index is 0.331.